The molecule has 0 heterocycles. The number of hydrogen-bond acceptors (Lipinski definition) is 2. The summed E-state index contributed by atoms with van der Waals surface area (Å²) < 4.78 is 0. The van der Waals surface area contributed by atoms with E-state index in [9.17, 15) is 4.79 Å². The van der Waals surface area contributed by atoms with E-state index in [1.807, 2.05) is 57.0 Å². The quantitative estimate of drug-likeness (QED) is 0.303. The molecule has 0 saturated heterocycles. The molecular weight excluding hydrogens is 439 g/mol. The summed E-state index contributed by atoms with van der Waals surface area (Å²) in [5, 5.41) is 6.88. The van der Waals surface area contributed by atoms with Crippen LogP contribution >= 0.6 is 35.6 Å². The van der Waals surface area contributed by atoms with E-state index in [0.717, 1.165) is 23.1 Å². The van der Waals surface area contributed by atoms with E-state index in [1.54, 1.807) is 7.05 Å². The zero-order chi connectivity index (χ0) is 17.5. The molecule has 7 heteroatoms. The first-order chi connectivity index (χ1) is 10.7. The van der Waals surface area contributed by atoms with Crippen LogP contribution in [-0.4, -0.2) is 44.0 Å². The van der Waals surface area contributed by atoms with Crippen molar-refractivity contribution in [3.05, 3.63) is 34.9 Å². The van der Waals surface area contributed by atoms with Gasteiger partial charge in [-0.25, -0.2) is 0 Å². The fraction of sp³-hybridized carbons (Fsp3) is 0.529. The van der Waals surface area contributed by atoms with Gasteiger partial charge in [0.05, 0.1) is 0 Å². The van der Waals surface area contributed by atoms with Crippen molar-refractivity contribution in [1.29, 1.82) is 0 Å². The number of nitrogens with zero attached hydrogens (tertiary/aromatic N) is 2. The Morgan fingerprint density at radius 3 is 2.21 bits per heavy atom. The number of benzene rings is 1. The lowest BCUT2D eigenvalue weighted by atomic mass is 9.96. The number of hydrogen-bond donors (Lipinski definition) is 2. The summed E-state index contributed by atoms with van der Waals surface area (Å²) in [5.41, 5.74) is 0.786. The van der Waals surface area contributed by atoms with Gasteiger partial charge in [-0.2, -0.15) is 0 Å². The van der Waals surface area contributed by atoms with Gasteiger partial charge in [-0.1, -0.05) is 44.5 Å². The molecule has 1 rings (SSSR count). The van der Waals surface area contributed by atoms with Crippen molar-refractivity contribution in [2.24, 2.45) is 10.4 Å². The molecule has 136 valence electrons. The SMILES string of the molecule is CN=C(NCCNC(=O)C(C)(C)C)N(C)Cc1ccc(Cl)cc1.I. The summed E-state index contributed by atoms with van der Waals surface area (Å²) >= 11 is 5.90. The minimum atomic E-state index is -0.368. The molecule has 0 fully saturated rings. The van der Waals surface area contributed by atoms with Crippen LogP contribution in [0.25, 0.3) is 0 Å². The van der Waals surface area contributed by atoms with E-state index < -0.39 is 0 Å². The van der Waals surface area contributed by atoms with Gasteiger partial charge in [0.2, 0.25) is 5.91 Å². The van der Waals surface area contributed by atoms with Gasteiger partial charge in [-0.3, -0.25) is 9.79 Å². The van der Waals surface area contributed by atoms with Crippen molar-refractivity contribution in [1.82, 2.24) is 15.5 Å². The van der Waals surface area contributed by atoms with Crippen LogP contribution in [0, 0.1) is 5.41 Å². The number of carbonyl (C=O) groups excluding carboxylic acids is 1. The Morgan fingerprint density at radius 2 is 1.71 bits per heavy atom. The number of carbonyl (C=O) groups is 1. The average Bonchev–Trinajstić information content (AvgIpc) is 2.48. The van der Waals surface area contributed by atoms with Gasteiger partial charge in [-0.15, -0.1) is 24.0 Å². The van der Waals surface area contributed by atoms with Gasteiger partial charge in [0.1, 0.15) is 0 Å². The van der Waals surface area contributed by atoms with Gasteiger partial charge in [0.15, 0.2) is 5.96 Å². The number of amides is 1. The van der Waals surface area contributed by atoms with Gasteiger partial charge in [-0.05, 0) is 17.7 Å². The van der Waals surface area contributed by atoms with Crippen LogP contribution in [0.3, 0.4) is 0 Å². The van der Waals surface area contributed by atoms with Crippen LogP contribution in [0.4, 0.5) is 0 Å². The third-order valence-corrected chi connectivity index (χ3v) is 3.53. The number of guanidine groups is 1. The first-order valence-electron chi connectivity index (χ1n) is 7.68. The standard InChI is InChI=1S/C17H27ClN4O.HI/c1-17(2,3)15(23)20-10-11-21-16(19-4)22(5)12-13-6-8-14(18)9-7-13;/h6-9H,10-12H2,1-5H3,(H,19,21)(H,20,23);1H. The molecule has 0 aliphatic heterocycles. The molecule has 0 saturated carbocycles. The summed E-state index contributed by atoms with van der Waals surface area (Å²) in [6, 6.07) is 7.75. The topological polar surface area (TPSA) is 56.7 Å². The highest BCUT2D eigenvalue weighted by molar-refractivity contribution is 14.0. The largest absolute Gasteiger partial charge is 0.354 e. The third kappa shape index (κ3) is 8.19. The molecule has 1 amide bonds. The summed E-state index contributed by atoms with van der Waals surface area (Å²) in [4.78, 5) is 18.1. The van der Waals surface area contributed by atoms with Crippen LogP contribution in [-0.2, 0) is 11.3 Å². The van der Waals surface area contributed by atoms with Gasteiger partial charge >= 0.3 is 0 Å². The lowest BCUT2D eigenvalue weighted by molar-refractivity contribution is -0.128. The molecule has 5 nitrogen and oxygen atoms in total. The smallest absolute Gasteiger partial charge is 0.225 e. The first-order valence-corrected chi connectivity index (χ1v) is 8.06. The summed E-state index contributed by atoms with van der Waals surface area (Å²) in [5.74, 6) is 0.828. The molecule has 0 bridgehead atoms. The van der Waals surface area contributed by atoms with Crippen LogP contribution < -0.4 is 10.6 Å². The first kappa shape index (κ1) is 23.0. The maximum atomic E-state index is 11.8. The maximum absolute atomic E-state index is 11.8. The highest BCUT2D eigenvalue weighted by atomic mass is 127. The van der Waals surface area contributed by atoms with Gasteiger partial charge in [0, 0.05) is 44.2 Å². The Balaban J connectivity index is 0.00000529. The van der Waals surface area contributed by atoms with Crippen molar-refractivity contribution < 1.29 is 4.79 Å². The van der Waals surface area contributed by atoms with Crippen molar-refractivity contribution >= 4 is 47.4 Å². The van der Waals surface area contributed by atoms with E-state index >= 15 is 0 Å². The highest BCUT2D eigenvalue weighted by Gasteiger charge is 2.20. The highest BCUT2D eigenvalue weighted by Crippen LogP contribution is 2.12. The number of rotatable bonds is 5. The van der Waals surface area contributed by atoms with Crippen molar-refractivity contribution in [2.75, 3.05) is 27.2 Å². The zero-order valence-electron chi connectivity index (χ0n) is 15.0. The predicted octanol–water partition coefficient (Wildman–Crippen LogP) is 3.13. The van der Waals surface area contributed by atoms with Crippen LogP contribution in [0.15, 0.2) is 29.3 Å². The van der Waals surface area contributed by atoms with Crippen molar-refractivity contribution in [3.63, 3.8) is 0 Å². The third-order valence-electron chi connectivity index (χ3n) is 3.28. The Kier molecular flexibility index (Phi) is 10.3. The number of halogens is 2. The minimum absolute atomic E-state index is 0. The molecule has 1 aromatic carbocycles. The molecule has 0 aromatic heterocycles. The summed E-state index contributed by atoms with van der Waals surface area (Å²) in [7, 11) is 3.71. The molecule has 0 aliphatic carbocycles. The lowest BCUT2D eigenvalue weighted by Crippen LogP contribution is -2.43. The fourth-order valence-electron chi connectivity index (χ4n) is 1.94. The fourth-order valence-corrected chi connectivity index (χ4v) is 2.06. The van der Waals surface area contributed by atoms with E-state index in [1.165, 1.54) is 0 Å². The van der Waals surface area contributed by atoms with E-state index in [2.05, 4.69) is 15.6 Å². The molecule has 0 radical (unpaired) electrons. The van der Waals surface area contributed by atoms with Crippen LogP contribution in [0.5, 0.6) is 0 Å². The van der Waals surface area contributed by atoms with Crippen molar-refractivity contribution in [3.8, 4) is 0 Å². The number of nitrogens with one attached hydrogen (secondary N) is 2. The van der Waals surface area contributed by atoms with Gasteiger partial charge < -0.3 is 15.5 Å². The molecule has 0 atom stereocenters. The van der Waals surface area contributed by atoms with E-state index in [-0.39, 0.29) is 35.3 Å². The summed E-state index contributed by atoms with van der Waals surface area (Å²) in [6.45, 7) is 7.60. The normalized spacial score (nSPS) is 11.5. The Morgan fingerprint density at radius 1 is 1.17 bits per heavy atom. The zero-order valence-corrected chi connectivity index (χ0v) is 18.1. The maximum Gasteiger partial charge on any atom is 0.225 e. The lowest BCUT2D eigenvalue weighted by Gasteiger charge is -2.23. The van der Waals surface area contributed by atoms with Crippen molar-refractivity contribution in [2.45, 2.75) is 27.3 Å². The summed E-state index contributed by atoms with van der Waals surface area (Å²) in [6.07, 6.45) is 0. The Hall–Kier alpha value is -1.02. The second kappa shape index (κ2) is 10.8. The molecular formula is C17H28ClIN4O. The average molecular weight is 467 g/mol. The molecule has 0 aliphatic rings. The minimum Gasteiger partial charge on any atom is -0.354 e. The molecule has 24 heavy (non-hydrogen) atoms. The molecule has 2 N–H and O–H groups in total. The van der Waals surface area contributed by atoms with E-state index in [4.69, 9.17) is 11.6 Å². The van der Waals surface area contributed by atoms with Crippen LogP contribution in [0.2, 0.25) is 5.02 Å². The molecule has 0 spiro atoms. The van der Waals surface area contributed by atoms with E-state index in [0.29, 0.717) is 13.1 Å². The van der Waals surface area contributed by atoms with Crippen LogP contribution in [0.1, 0.15) is 26.3 Å². The second-order valence-corrected chi connectivity index (χ2v) is 6.90. The Labute approximate surface area is 167 Å². The molecule has 1 aromatic rings. The number of aliphatic imine (C=N–C) groups is 1. The molecule has 0 unspecified atom stereocenters. The predicted molar refractivity (Wildman–Crippen MR) is 112 cm³/mol. The van der Waals surface area contributed by atoms with Gasteiger partial charge in [0.25, 0.3) is 0 Å². The second-order valence-electron chi connectivity index (χ2n) is 6.46. The Bertz CT molecular complexity index is 541. The monoisotopic (exact) mass is 466 g/mol.